The molecule has 0 aliphatic rings. The molecule has 0 saturated heterocycles. The van der Waals surface area contributed by atoms with Crippen LogP contribution in [-0.2, 0) is 16.0 Å². The van der Waals surface area contributed by atoms with Gasteiger partial charge >= 0.3 is 0 Å². The highest BCUT2D eigenvalue weighted by molar-refractivity contribution is 6.30. The van der Waals surface area contributed by atoms with Crippen LogP contribution in [0.15, 0.2) is 24.3 Å². The van der Waals surface area contributed by atoms with Crippen molar-refractivity contribution < 1.29 is 9.47 Å². The van der Waals surface area contributed by atoms with E-state index >= 15 is 0 Å². The number of benzene rings is 1. The second kappa shape index (κ2) is 7.63. The maximum atomic E-state index is 5.80. The van der Waals surface area contributed by atoms with Gasteiger partial charge in [-0.3, -0.25) is 0 Å². The van der Waals surface area contributed by atoms with Crippen molar-refractivity contribution in [1.82, 2.24) is 5.32 Å². The van der Waals surface area contributed by atoms with Crippen molar-refractivity contribution in [2.24, 2.45) is 0 Å². The molecular formula is C12H18ClNO2. The zero-order valence-corrected chi connectivity index (χ0v) is 10.5. The normalized spacial score (nSPS) is 12.7. The Balaban J connectivity index is 2.26. The number of nitrogens with one attached hydrogen (secondary N) is 1. The number of hydrogen-bond donors (Lipinski definition) is 1. The number of methoxy groups -OCH3 is 2. The number of rotatable bonds is 7. The molecule has 1 rings (SSSR count). The van der Waals surface area contributed by atoms with E-state index in [4.69, 9.17) is 21.1 Å². The Morgan fingerprint density at radius 2 is 1.94 bits per heavy atom. The standard InChI is InChI=1S/C12H18ClNO2/c1-15-9-12(16-2)8-14-7-10-3-5-11(13)6-4-10/h3-6,12,14H,7-9H2,1-2H3. The van der Waals surface area contributed by atoms with Crippen LogP contribution in [-0.4, -0.2) is 33.5 Å². The van der Waals surface area contributed by atoms with E-state index in [1.165, 1.54) is 5.56 Å². The summed E-state index contributed by atoms with van der Waals surface area (Å²) in [5, 5.41) is 4.07. The van der Waals surface area contributed by atoms with Crippen LogP contribution < -0.4 is 5.32 Å². The summed E-state index contributed by atoms with van der Waals surface area (Å²) >= 11 is 5.80. The van der Waals surface area contributed by atoms with E-state index in [1.807, 2.05) is 24.3 Å². The minimum atomic E-state index is 0.0947. The van der Waals surface area contributed by atoms with E-state index in [0.29, 0.717) is 6.61 Å². The molecule has 1 aromatic rings. The Labute approximate surface area is 102 Å². The second-order valence-corrected chi connectivity index (χ2v) is 4.01. The Hall–Kier alpha value is -0.610. The average molecular weight is 244 g/mol. The Morgan fingerprint density at radius 1 is 1.25 bits per heavy atom. The Bertz CT molecular complexity index is 290. The van der Waals surface area contributed by atoms with Crippen LogP contribution in [0.3, 0.4) is 0 Å². The van der Waals surface area contributed by atoms with Crippen LogP contribution in [0.5, 0.6) is 0 Å². The van der Waals surface area contributed by atoms with Gasteiger partial charge in [-0.05, 0) is 17.7 Å². The first-order chi connectivity index (χ1) is 7.76. The minimum absolute atomic E-state index is 0.0947. The maximum Gasteiger partial charge on any atom is 0.0928 e. The molecule has 1 unspecified atom stereocenters. The van der Waals surface area contributed by atoms with E-state index in [1.54, 1.807) is 14.2 Å². The van der Waals surface area contributed by atoms with E-state index in [0.717, 1.165) is 18.1 Å². The first-order valence-electron chi connectivity index (χ1n) is 5.23. The SMILES string of the molecule is COCC(CNCc1ccc(Cl)cc1)OC. The lowest BCUT2D eigenvalue weighted by atomic mass is 10.2. The van der Waals surface area contributed by atoms with Crippen LogP contribution >= 0.6 is 11.6 Å². The molecule has 1 aromatic carbocycles. The summed E-state index contributed by atoms with van der Waals surface area (Å²) < 4.78 is 10.3. The average Bonchev–Trinajstić information content (AvgIpc) is 2.30. The van der Waals surface area contributed by atoms with E-state index in [2.05, 4.69) is 5.32 Å². The van der Waals surface area contributed by atoms with Gasteiger partial charge in [-0.1, -0.05) is 23.7 Å². The lowest BCUT2D eigenvalue weighted by Crippen LogP contribution is -2.31. The molecule has 0 heterocycles. The van der Waals surface area contributed by atoms with Gasteiger partial charge in [0.2, 0.25) is 0 Å². The zero-order valence-electron chi connectivity index (χ0n) is 9.70. The molecule has 0 aliphatic heterocycles. The highest BCUT2D eigenvalue weighted by Gasteiger charge is 2.05. The molecule has 1 N–H and O–H groups in total. The van der Waals surface area contributed by atoms with Gasteiger partial charge in [-0.15, -0.1) is 0 Å². The van der Waals surface area contributed by atoms with Gasteiger partial charge in [-0.2, -0.15) is 0 Å². The number of halogens is 1. The molecule has 0 saturated carbocycles. The third-order valence-corrected chi connectivity index (χ3v) is 2.55. The molecule has 90 valence electrons. The lowest BCUT2D eigenvalue weighted by molar-refractivity contribution is 0.0288. The van der Waals surface area contributed by atoms with Gasteiger partial charge in [0.05, 0.1) is 12.7 Å². The van der Waals surface area contributed by atoms with Crippen molar-refractivity contribution in [1.29, 1.82) is 0 Å². The van der Waals surface area contributed by atoms with Gasteiger partial charge < -0.3 is 14.8 Å². The van der Waals surface area contributed by atoms with Crippen LogP contribution in [0.25, 0.3) is 0 Å². The summed E-state index contributed by atoms with van der Waals surface area (Å²) in [6.45, 7) is 2.18. The van der Waals surface area contributed by atoms with Crippen molar-refractivity contribution in [2.45, 2.75) is 12.6 Å². The fourth-order valence-corrected chi connectivity index (χ4v) is 1.50. The molecule has 1 atom stereocenters. The zero-order chi connectivity index (χ0) is 11.8. The summed E-state index contributed by atoms with van der Waals surface area (Å²) in [4.78, 5) is 0. The van der Waals surface area contributed by atoms with Gasteiger partial charge in [0.15, 0.2) is 0 Å². The molecule has 16 heavy (non-hydrogen) atoms. The molecule has 0 radical (unpaired) electrons. The largest absolute Gasteiger partial charge is 0.382 e. The Morgan fingerprint density at radius 3 is 2.50 bits per heavy atom. The highest BCUT2D eigenvalue weighted by Crippen LogP contribution is 2.09. The van der Waals surface area contributed by atoms with E-state index in [9.17, 15) is 0 Å². The predicted octanol–water partition coefficient (Wildman–Crippen LogP) is 2.09. The van der Waals surface area contributed by atoms with Gasteiger partial charge in [0.1, 0.15) is 0 Å². The van der Waals surface area contributed by atoms with Gasteiger partial charge in [0, 0.05) is 32.3 Å². The molecule has 3 nitrogen and oxygen atoms in total. The molecule has 0 amide bonds. The van der Waals surface area contributed by atoms with Crippen LogP contribution in [0.1, 0.15) is 5.56 Å². The third kappa shape index (κ3) is 4.94. The first kappa shape index (κ1) is 13.5. The molecule has 0 aromatic heterocycles. The fourth-order valence-electron chi connectivity index (χ4n) is 1.38. The van der Waals surface area contributed by atoms with E-state index in [-0.39, 0.29) is 6.10 Å². The predicted molar refractivity (Wildman–Crippen MR) is 65.8 cm³/mol. The third-order valence-electron chi connectivity index (χ3n) is 2.30. The summed E-state index contributed by atoms with van der Waals surface area (Å²) in [5.41, 5.74) is 1.21. The summed E-state index contributed by atoms with van der Waals surface area (Å²) in [6.07, 6.45) is 0.0947. The van der Waals surface area contributed by atoms with E-state index < -0.39 is 0 Å². The van der Waals surface area contributed by atoms with Gasteiger partial charge in [-0.25, -0.2) is 0 Å². The lowest BCUT2D eigenvalue weighted by Gasteiger charge is -2.14. The van der Waals surface area contributed by atoms with Crippen LogP contribution in [0.2, 0.25) is 5.02 Å². The van der Waals surface area contributed by atoms with Gasteiger partial charge in [0.25, 0.3) is 0 Å². The van der Waals surface area contributed by atoms with Crippen molar-refractivity contribution in [3.05, 3.63) is 34.9 Å². The van der Waals surface area contributed by atoms with Crippen molar-refractivity contribution >= 4 is 11.6 Å². The second-order valence-electron chi connectivity index (χ2n) is 3.57. The molecule has 4 heteroatoms. The quantitative estimate of drug-likeness (QED) is 0.796. The molecule has 0 spiro atoms. The van der Waals surface area contributed by atoms with Crippen molar-refractivity contribution in [3.63, 3.8) is 0 Å². The molecular weight excluding hydrogens is 226 g/mol. The number of ether oxygens (including phenoxy) is 2. The number of hydrogen-bond acceptors (Lipinski definition) is 3. The highest BCUT2D eigenvalue weighted by atomic mass is 35.5. The van der Waals surface area contributed by atoms with Crippen molar-refractivity contribution in [3.8, 4) is 0 Å². The summed E-state index contributed by atoms with van der Waals surface area (Å²) in [7, 11) is 3.36. The summed E-state index contributed by atoms with van der Waals surface area (Å²) in [6, 6.07) is 7.80. The first-order valence-corrected chi connectivity index (χ1v) is 5.61. The minimum Gasteiger partial charge on any atom is -0.382 e. The Kier molecular flexibility index (Phi) is 6.42. The summed E-state index contributed by atoms with van der Waals surface area (Å²) in [5.74, 6) is 0. The topological polar surface area (TPSA) is 30.5 Å². The molecule has 0 bridgehead atoms. The monoisotopic (exact) mass is 243 g/mol. The van der Waals surface area contributed by atoms with Crippen molar-refractivity contribution in [2.75, 3.05) is 27.4 Å². The molecule has 0 fully saturated rings. The smallest absolute Gasteiger partial charge is 0.0928 e. The maximum absolute atomic E-state index is 5.80. The molecule has 0 aliphatic carbocycles. The van der Waals surface area contributed by atoms with Crippen LogP contribution in [0.4, 0.5) is 0 Å². The fraction of sp³-hybridized carbons (Fsp3) is 0.500. The van der Waals surface area contributed by atoms with Crippen LogP contribution in [0, 0.1) is 0 Å².